The quantitative estimate of drug-likeness (QED) is 0.702. The van der Waals surface area contributed by atoms with E-state index in [2.05, 4.69) is 15.4 Å². The van der Waals surface area contributed by atoms with Crippen LogP contribution < -0.4 is 5.32 Å². The molecule has 3 aromatic rings. The fraction of sp³-hybridized carbons (Fsp3) is 0.316. The van der Waals surface area contributed by atoms with Crippen LogP contribution in [0.5, 0.6) is 0 Å². The van der Waals surface area contributed by atoms with Gasteiger partial charge in [-0.1, -0.05) is 19.1 Å². The van der Waals surface area contributed by atoms with E-state index in [1.165, 1.54) is 23.5 Å². The average Bonchev–Trinajstić information content (AvgIpc) is 3.30. The number of hydrogen-bond acceptors (Lipinski definition) is 4. The van der Waals surface area contributed by atoms with Crippen molar-refractivity contribution in [3.8, 4) is 11.1 Å². The Morgan fingerprint density at radius 2 is 2.07 bits per heavy atom. The number of benzene rings is 1. The summed E-state index contributed by atoms with van der Waals surface area (Å²) in [6.07, 6.45) is 2.42. The lowest BCUT2D eigenvalue weighted by Gasteiger charge is -2.24. The molecule has 0 saturated heterocycles. The van der Waals surface area contributed by atoms with Crippen molar-refractivity contribution in [1.82, 2.24) is 19.7 Å². The Labute approximate surface area is 161 Å². The first-order chi connectivity index (χ1) is 12.9. The largest absolute Gasteiger partial charge is 0.323 e. The van der Waals surface area contributed by atoms with E-state index in [0.29, 0.717) is 12.2 Å². The molecule has 0 saturated carbocycles. The van der Waals surface area contributed by atoms with Gasteiger partial charge in [-0.05, 0) is 31.0 Å². The molecule has 0 unspecified atom stereocenters. The SMILES string of the molecule is CCc1nn(C)c(NC(=O)N(C)[C@H](C)c2nccs2)c1-c1ccc(F)cc1. The summed E-state index contributed by atoms with van der Waals surface area (Å²) < 4.78 is 15.0. The summed E-state index contributed by atoms with van der Waals surface area (Å²) in [5.41, 5.74) is 2.46. The number of amides is 2. The molecule has 0 bridgehead atoms. The average molecular weight is 387 g/mol. The number of thiazole rings is 1. The number of aryl methyl sites for hydroxylation is 2. The van der Waals surface area contributed by atoms with Gasteiger partial charge in [0.15, 0.2) is 0 Å². The van der Waals surface area contributed by atoms with Crippen LogP contribution in [-0.2, 0) is 13.5 Å². The summed E-state index contributed by atoms with van der Waals surface area (Å²) in [4.78, 5) is 18.7. The third-order valence-corrected chi connectivity index (χ3v) is 5.47. The normalized spacial score (nSPS) is 12.0. The summed E-state index contributed by atoms with van der Waals surface area (Å²) in [6.45, 7) is 3.93. The topological polar surface area (TPSA) is 63.1 Å². The first-order valence-corrected chi connectivity index (χ1v) is 9.55. The van der Waals surface area contributed by atoms with Gasteiger partial charge in [0.05, 0.1) is 11.7 Å². The highest BCUT2D eigenvalue weighted by Crippen LogP contribution is 2.32. The lowest BCUT2D eigenvalue weighted by Crippen LogP contribution is -2.34. The number of nitrogens with zero attached hydrogens (tertiary/aromatic N) is 4. The predicted molar refractivity (Wildman–Crippen MR) is 105 cm³/mol. The Kier molecular flexibility index (Phi) is 5.55. The molecule has 0 fully saturated rings. The predicted octanol–water partition coefficient (Wildman–Crippen LogP) is 4.47. The first-order valence-electron chi connectivity index (χ1n) is 8.67. The molecule has 0 aliphatic rings. The van der Waals surface area contributed by atoms with Gasteiger partial charge in [-0.2, -0.15) is 5.10 Å². The molecule has 142 valence electrons. The van der Waals surface area contributed by atoms with Gasteiger partial charge >= 0.3 is 6.03 Å². The van der Waals surface area contributed by atoms with Gasteiger partial charge in [0, 0.05) is 31.2 Å². The summed E-state index contributed by atoms with van der Waals surface area (Å²) in [5, 5.41) is 10.2. The first kappa shape index (κ1) is 19.0. The van der Waals surface area contributed by atoms with Crippen LogP contribution in [0.1, 0.15) is 30.6 Å². The highest BCUT2D eigenvalue weighted by atomic mass is 32.1. The minimum atomic E-state index is -0.303. The fourth-order valence-electron chi connectivity index (χ4n) is 2.86. The Morgan fingerprint density at radius 3 is 2.67 bits per heavy atom. The van der Waals surface area contributed by atoms with Crippen molar-refractivity contribution >= 4 is 23.2 Å². The fourth-order valence-corrected chi connectivity index (χ4v) is 3.60. The highest BCUT2D eigenvalue weighted by Gasteiger charge is 2.23. The third-order valence-electron chi connectivity index (χ3n) is 4.52. The minimum absolute atomic E-state index is 0.154. The van der Waals surface area contributed by atoms with Crippen LogP contribution in [0.4, 0.5) is 15.0 Å². The van der Waals surface area contributed by atoms with E-state index < -0.39 is 0 Å². The van der Waals surface area contributed by atoms with Crippen LogP contribution >= 0.6 is 11.3 Å². The Morgan fingerprint density at radius 1 is 1.37 bits per heavy atom. The van der Waals surface area contributed by atoms with Crippen molar-refractivity contribution < 1.29 is 9.18 Å². The van der Waals surface area contributed by atoms with E-state index in [4.69, 9.17) is 0 Å². The van der Waals surface area contributed by atoms with Gasteiger partial charge in [0.1, 0.15) is 16.6 Å². The van der Waals surface area contributed by atoms with Gasteiger partial charge in [0.25, 0.3) is 0 Å². The number of aromatic nitrogens is 3. The second-order valence-electron chi connectivity index (χ2n) is 6.24. The molecule has 0 spiro atoms. The van der Waals surface area contributed by atoms with Crippen molar-refractivity contribution in [2.75, 3.05) is 12.4 Å². The highest BCUT2D eigenvalue weighted by molar-refractivity contribution is 7.09. The standard InChI is InChI=1S/C19H22FN5OS/c1-5-15-16(13-6-8-14(20)9-7-13)17(25(4)23-15)22-19(26)24(3)12(2)18-21-10-11-27-18/h6-12H,5H2,1-4H3,(H,22,26)/t12-/m1/s1. The zero-order valence-corrected chi connectivity index (χ0v) is 16.5. The van der Waals surface area contributed by atoms with Crippen molar-refractivity contribution in [2.45, 2.75) is 26.3 Å². The van der Waals surface area contributed by atoms with Gasteiger partial charge in [-0.25, -0.2) is 14.2 Å². The molecule has 8 heteroatoms. The molecule has 2 amide bonds. The molecule has 0 radical (unpaired) electrons. The molecule has 1 atom stereocenters. The summed E-state index contributed by atoms with van der Waals surface area (Å²) in [6, 6.07) is 5.80. The minimum Gasteiger partial charge on any atom is -0.318 e. The Hall–Kier alpha value is -2.74. The van der Waals surface area contributed by atoms with E-state index in [1.807, 2.05) is 19.2 Å². The molecule has 2 aromatic heterocycles. The Balaban J connectivity index is 1.91. The number of carbonyl (C=O) groups is 1. The lowest BCUT2D eigenvalue weighted by molar-refractivity contribution is 0.208. The van der Waals surface area contributed by atoms with Gasteiger partial charge in [0.2, 0.25) is 0 Å². The molecule has 27 heavy (non-hydrogen) atoms. The lowest BCUT2D eigenvalue weighted by atomic mass is 10.0. The number of carbonyl (C=O) groups excluding carboxylic acids is 1. The summed E-state index contributed by atoms with van der Waals surface area (Å²) in [5.74, 6) is 0.282. The van der Waals surface area contributed by atoms with E-state index >= 15 is 0 Å². The number of urea groups is 1. The summed E-state index contributed by atoms with van der Waals surface area (Å²) >= 11 is 1.51. The van der Waals surface area contributed by atoms with Gasteiger partial charge in [-0.3, -0.25) is 10.00 Å². The van der Waals surface area contributed by atoms with E-state index in [9.17, 15) is 9.18 Å². The number of anilines is 1. The second kappa shape index (κ2) is 7.87. The molecule has 0 aliphatic carbocycles. The molecular weight excluding hydrogens is 365 g/mol. The molecule has 2 heterocycles. The van der Waals surface area contributed by atoms with Gasteiger partial charge < -0.3 is 4.90 Å². The number of hydrogen-bond donors (Lipinski definition) is 1. The van der Waals surface area contributed by atoms with Crippen molar-refractivity contribution in [3.63, 3.8) is 0 Å². The Bertz CT molecular complexity index is 920. The van der Waals surface area contributed by atoms with Crippen LogP contribution in [0.15, 0.2) is 35.8 Å². The molecule has 1 N–H and O–H groups in total. The van der Waals surface area contributed by atoms with Crippen LogP contribution in [-0.4, -0.2) is 32.7 Å². The van der Waals surface area contributed by atoms with Crippen LogP contribution in [0, 0.1) is 5.82 Å². The third kappa shape index (κ3) is 3.85. The smallest absolute Gasteiger partial charge is 0.318 e. The van der Waals surface area contributed by atoms with E-state index in [1.54, 1.807) is 42.0 Å². The van der Waals surface area contributed by atoms with Crippen LogP contribution in [0.25, 0.3) is 11.1 Å². The molecule has 0 aliphatic heterocycles. The maximum absolute atomic E-state index is 13.3. The number of halogens is 1. The zero-order chi connectivity index (χ0) is 19.6. The maximum Gasteiger partial charge on any atom is 0.323 e. The van der Waals surface area contributed by atoms with Crippen molar-refractivity contribution in [1.29, 1.82) is 0 Å². The van der Waals surface area contributed by atoms with Gasteiger partial charge in [-0.15, -0.1) is 11.3 Å². The maximum atomic E-state index is 13.3. The molecule has 3 rings (SSSR count). The van der Waals surface area contributed by atoms with E-state index in [-0.39, 0.29) is 17.9 Å². The van der Waals surface area contributed by atoms with E-state index in [0.717, 1.165) is 21.8 Å². The summed E-state index contributed by atoms with van der Waals surface area (Å²) in [7, 11) is 3.52. The molecular formula is C19H22FN5OS. The molecule has 6 nitrogen and oxygen atoms in total. The van der Waals surface area contributed by atoms with Crippen molar-refractivity contribution in [2.24, 2.45) is 7.05 Å². The second-order valence-corrected chi connectivity index (χ2v) is 7.17. The van der Waals surface area contributed by atoms with Crippen LogP contribution in [0.3, 0.4) is 0 Å². The monoisotopic (exact) mass is 387 g/mol. The zero-order valence-electron chi connectivity index (χ0n) is 15.7. The molecule has 1 aromatic carbocycles. The van der Waals surface area contributed by atoms with Crippen molar-refractivity contribution in [3.05, 3.63) is 52.4 Å². The van der Waals surface area contributed by atoms with Crippen LogP contribution in [0.2, 0.25) is 0 Å². The number of rotatable bonds is 5. The number of nitrogens with one attached hydrogen (secondary N) is 1.